The second kappa shape index (κ2) is 6.95. The summed E-state index contributed by atoms with van der Waals surface area (Å²) in [6.07, 6.45) is 3.44. The number of benzene rings is 1. The van der Waals surface area contributed by atoms with Gasteiger partial charge in [0.1, 0.15) is 0 Å². The molecular weight excluding hydrogens is 252 g/mol. The summed E-state index contributed by atoms with van der Waals surface area (Å²) in [5.41, 5.74) is 2.12. The van der Waals surface area contributed by atoms with Crippen LogP contribution in [0.3, 0.4) is 0 Å². The number of ether oxygens (including phenoxy) is 1. The highest BCUT2D eigenvalue weighted by Crippen LogP contribution is 2.36. The van der Waals surface area contributed by atoms with Crippen molar-refractivity contribution in [2.24, 2.45) is 11.8 Å². The average molecular weight is 272 g/mol. The van der Waals surface area contributed by atoms with Gasteiger partial charge in [0.25, 0.3) is 0 Å². The second-order valence-corrected chi connectivity index (χ2v) is 5.30. The molecule has 2 rings (SSSR count). The van der Waals surface area contributed by atoms with E-state index in [0.717, 1.165) is 37.1 Å². The molecule has 1 fully saturated rings. The average Bonchev–Trinajstić information content (AvgIpc) is 2.42. The fraction of sp³-hybridized carbons (Fsp3) is 0.500. The molecule has 1 aromatic carbocycles. The lowest BCUT2D eigenvalue weighted by molar-refractivity contribution is -0.150. The van der Waals surface area contributed by atoms with Crippen molar-refractivity contribution >= 4 is 11.7 Å². The highest BCUT2D eigenvalue weighted by atomic mass is 16.5. The lowest BCUT2D eigenvalue weighted by Gasteiger charge is -2.33. The van der Waals surface area contributed by atoms with Crippen LogP contribution < -0.4 is 5.32 Å². The zero-order chi connectivity index (χ0) is 14.4. The van der Waals surface area contributed by atoms with E-state index in [1.807, 2.05) is 24.3 Å². The second-order valence-electron chi connectivity index (χ2n) is 5.30. The van der Waals surface area contributed by atoms with Gasteiger partial charge in [-0.25, -0.2) is 0 Å². The van der Waals surface area contributed by atoms with E-state index in [4.69, 9.17) is 10.00 Å². The highest BCUT2D eigenvalue weighted by Gasteiger charge is 2.34. The number of carbonyl (C=O) groups excluding carboxylic acids is 1. The summed E-state index contributed by atoms with van der Waals surface area (Å²) in [5.74, 6) is 0.682. The Morgan fingerprint density at radius 1 is 1.40 bits per heavy atom. The first kappa shape index (κ1) is 14.4. The number of hydrogen-bond donors (Lipinski definition) is 1. The number of rotatable bonds is 6. The van der Waals surface area contributed by atoms with E-state index in [1.54, 1.807) is 0 Å². The number of nitriles is 1. The Bertz CT molecular complexity index is 484. The number of esters is 1. The minimum Gasteiger partial charge on any atom is -0.469 e. The Morgan fingerprint density at radius 3 is 2.70 bits per heavy atom. The van der Waals surface area contributed by atoms with Crippen LogP contribution in [0.15, 0.2) is 24.3 Å². The van der Waals surface area contributed by atoms with Crippen molar-refractivity contribution in [1.82, 2.24) is 0 Å². The molecular formula is C16H20N2O2. The number of carbonyl (C=O) groups is 1. The first-order chi connectivity index (χ1) is 9.72. The van der Waals surface area contributed by atoms with Gasteiger partial charge in [-0.3, -0.25) is 4.79 Å². The maximum atomic E-state index is 11.3. The Labute approximate surface area is 119 Å². The van der Waals surface area contributed by atoms with E-state index in [9.17, 15) is 4.79 Å². The minimum atomic E-state index is -0.0673. The first-order valence-electron chi connectivity index (χ1n) is 7.00. The molecule has 4 nitrogen and oxygen atoms in total. The number of anilines is 1. The molecule has 0 atom stereocenters. The summed E-state index contributed by atoms with van der Waals surface area (Å²) in [4.78, 5) is 11.3. The van der Waals surface area contributed by atoms with Gasteiger partial charge in [0.2, 0.25) is 0 Å². The van der Waals surface area contributed by atoms with E-state index in [1.165, 1.54) is 7.11 Å². The molecule has 0 aromatic heterocycles. The fourth-order valence-electron chi connectivity index (χ4n) is 2.58. The zero-order valence-electron chi connectivity index (χ0n) is 11.8. The van der Waals surface area contributed by atoms with Crippen LogP contribution in [0, 0.1) is 23.2 Å². The van der Waals surface area contributed by atoms with Crippen molar-refractivity contribution < 1.29 is 9.53 Å². The summed E-state index contributed by atoms with van der Waals surface area (Å²) in [6.45, 7) is 0.913. The maximum absolute atomic E-state index is 11.3. The van der Waals surface area contributed by atoms with Gasteiger partial charge in [-0.15, -0.1) is 0 Å². The smallest absolute Gasteiger partial charge is 0.308 e. The van der Waals surface area contributed by atoms with Crippen LogP contribution in [0.25, 0.3) is 0 Å². The molecule has 0 heterocycles. The monoisotopic (exact) mass is 272 g/mol. The quantitative estimate of drug-likeness (QED) is 0.809. The Morgan fingerprint density at radius 2 is 2.10 bits per heavy atom. The predicted octanol–water partition coefficient (Wildman–Crippen LogP) is 2.75. The highest BCUT2D eigenvalue weighted by molar-refractivity contribution is 5.73. The molecule has 1 N–H and O–H groups in total. The van der Waals surface area contributed by atoms with E-state index in [2.05, 4.69) is 11.4 Å². The van der Waals surface area contributed by atoms with E-state index >= 15 is 0 Å². The normalized spacial score (nSPS) is 20.6. The van der Waals surface area contributed by atoms with Gasteiger partial charge in [0.05, 0.1) is 25.5 Å². The molecule has 0 aliphatic heterocycles. The van der Waals surface area contributed by atoms with Crippen molar-refractivity contribution in [3.63, 3.8) is 0 Å². The molecule has 0 saturated heterocycles. The molecule has 0 amide bonds. The number of methoxy groups -OCH3 is 1. The van der Waals surface area contributed by atoms with Crippen LogP contribution in [0.4, 0.5) is 5.69 Å². The van der Waals surface area contributed by atoms with Crippen LogP contribution in [-0.4, -0.2) is 19.6 Å². The summed E-state index contributed by atoms with van der Waals surface area (Å²) in [7, 11) is 1.45. The van der Waals surface area contributed by atoms with Gasteiger partial charge >= 0.3 is 5.97 Å². The Balaban J connectivity index is 1.65. The number of hydrogen-bond acceptors (Lipinski definition) is 4. The van der Waals surface area contributed by atoms with Gasteiger partial charge in [-0.1, -0.05) is 12.1 Å². The third kappa shape index (κ3) is 3.74. The molecule has 106 valence electrons. The fourth-order valence-corrected chi connectivity index (χ4v) is 2.58. The van der Waals surface area contributed by atoms with Crippen LogP contribution >= 0.6 is 0 Å². The maximum Gasteiger partial charge on any atom is 0.308 e. The number of nitrogens with zero attached hydrogens (tertiary/aromatic N) is 1. The molecule has 0 bridgehead atoms. The van der Waals surface area contributed by atoms with Crippen molar-refractivity contribution in [1.29, 1.82) is 5.26 Å². The van der Waals surface area contributed by atoms with Gasteiger partial charge in [-0.2, -0.15) is 5.26 Å². The molecule has 0 radical (unpaired) electrons. The van der Waals surface area contributed by atoms with Crippen molar-refractivity contribution in [2.75, 3.05) is 19.0 Å². The summed E-state index contributed by atoms with van der Waals surface area (Å²) < 4.78 is 4.73. The molecule has 1 aliphatic carbocycles. The summed E-state index contributed by atoms with van der Waals surface area (Å²) >= 11 is 0. The van der Waals surface area contributed by atoms with E-state index in [-0.39, 0.29) is 11.9 Å². The van der Waals surface area contributed by atoms with Crippen LogP contribution in [0.2, 0.25) is 0 Å². The summed E-state index contributed by atoms with van der Waals surface area (Å²) in [5, 5.41) is 12.0. The largest absolute Gasteiger partial charge is 0.469 e. The van der Waals surface area contributed by atoms with Crippen molar-refractivity contribution in [3.05, 3.63) is 29.8 Å². The van der Waals surface area contributed by atoms with Gasteiger partial charge in [0.15, 0.2) is 0 Å². The van der Waals surface area contributed by atoms with Crippen molar-refractivity contribution in [2.45, 2.75) is 25.7 Å². The molecule has 1 saturated carbocycles. The lowest BCUT2D eigenvalue weighted by atomic mass is 9.73. The van der Waals surface area contributed by atoms with Crippen LogP contribution in [0.1, 0.15) is 24.8 Å². The first-order valence-corrected chi connectivity index (χ1v) is 7.00. The number of nitrogens with one attached hydrogen (secondary N) is 1. The Kier molecular flexibility index (Phi) is 5.00. The standard InChI is InChI=1S/C16H20N2O2/c1-20-16(19)14-10-13(11-14)7-9-18-15-4-2-12(3-5-15)6-8-17/h2-5,13-14,18H,6-7,9-11H2,1H3. The Hall–Kier alpha value is -2.02. The van der Waals surface area contributed by atoms with Gasteiger partial charge in [-0.05, 0) is 42.9 Å². The molecule has 20 heavy (non-hydrogen) atoms. The zero-order valence-corrected chi connectivity index (χ0v) is 11.8. The molecule has 1 aromatic rings. The van der Waals surface area contributed by atoms with Gasteiger partial charge < -0.3 is 10.1 Å². The summed E-state index contributed by atoms with van der Waals surface area (Å²) in [6, 6.07) is 10.1. The molecule has 4 heteroatoms. The predicted molar refractivity (Wildman–Crippen MR) is 77.1 cm³/mol. The topological polar surface area (TPSA) is 62.1 Å². The van der Waals surface area contributed by atoms with E-state index < -0.39 is 0 Å². The SMILES string of the molecule is COC(=O)C1CC(CCNc2ccc(CC#N)cc2)C1. The third-order valence-corrected chi connectivity index (χ3v) is 3.89. The van der Waals surface area contributed by atoms with E-state index in [0.29, 0.717) is 12.3 Å². The third-order valence-electron chi connectivity index (χ3n) is 3.89. The van der Waals surface area contributed by atoms with Crippen LogP contribution in [0.5, 0.6) is 0 Å². The van der Waals surface area contributed by atoms with Crippen LogP contribution in [-0.2, 0) is 16.0 Å². The molecule has 1 aliphatic rings. The molecule has 0 unspecified atom stereocenters. The van der Waals surface area contributed by atoms with Crippen molar-refractivity contribution in [3.8, 4) is 6.07 Å². The lowest BCUT2D eigenvalue weighted by Crippen LogP contribution is -2.32. The minimum absolute atomic E-state index is 0.0673. The molecule has 0 spiro atoms. The van der Waals surface area contributed by atoms with Gasteiger partial charge in [0, 0.05) is 12.2 Å².